The van der Waals surface area contributed by atoms with Gasteiger partial charge in [-0.05, 0) is 30.7 Å². The van der Waals surface area contributed by atoms with Gasteiger partial charge in [-0.1, -0.05) is 19.3 Å². The van der Waals surface area contributed by atoms with Crippen LogP contribution < -0.4 is 10.6 Å². The van der Waals surface area contributed by atoms with Crippen molar-refractivity contribution < 1.29 is 4.79 Å². The normalized spacial score (nSPS) is 24.6. The Morgan fingerprint density at radius 3 is 2.67 bits per heavy atom. The number of urea groups is 1. The molecule has 18 heavy (non-hydrogen) atoms. The summed E-state index contributed by atoms with van der Waals surface area (Å²) >= 11 is 0. The van der Waals surface area contributed by atoms with Crippen LogP contribution in [0.5, 0.6) is 0 Å². The minimum Gasteiger partial charge on any atom is -0.334 e. The molecule has 0 aromatic carbocycles. The summed E-state index contributed by atoms with van der Waals surface area (Å²) in [5.74, 6) is 0.355. The first-order chi connectivity index (χ1) is 8.78. The third-order valence-corrected chi connectivity index (χ3v) is 4.14. The van der Waals surface area contributed by atoms with E-state index in [0.29, 0.717) is 17.4 Å². The van der Waals surface area contributed by atoms with E-state index in [1.54, 1.807) is 18.5 Å². The SMILES string of the molecule is O=C(Nc1ncccn1)NC1CC12CCCCC2. The minimum atomic E-state index is -0.186. The molecule has 2 aliphatic carbocycles. The molecule has 1 atom stereocenters. The van der Waals surface area contributed by atoms with Crippen LogP contribution in [-0.2, 0) is 0 Å². The molecule has 1 spiro atoms. The predicted molar refractivity (Wildman–Crippen MR) is 68.1 cm³/mol. The molecule has 1 unspecified atom stereocenters. The molecular weight excluding hydrogens is 228 g/mol. The van der Waals surface area contributed by atoms with Gasteiger partial charge in [-0.15, -0.1) is 0 Å². The van der Waals surface area contributed by atoms with Gasteiger partial charge in [0.1, 0.15) is 0 Å². The lowest BCUT2D eigenvalue weighted by Gasteiger charge is -2.22. The van der Waals surface area contributed by atoms with E-state index in [4.69, 9.17) is 0 Å². The zero-order valence-electron chi connectivity index (χ0n) is 10.4. The van der Waals surface area contributed by atoms with Crippen molar-refractivity contribution in [1.82, 2.24) is 15.3 Å². The number of amides is 2. The van der Waals surface area contributed by atoms with Crippen molar-refractivity contribution in [2.24, 2.45) is 5.41 Å². The van der Waals surface area contributed by atoms with Gasteiger partial charge in [0.2, 0.25) is 5.95 Å². The van der Waals surface area contributed by atoms with Crippen LogP contribution in [0.1, 0.15) is 38.5 Å². The number of nitrogens with zero attached hydrogens (tertiary/aromatic N) is 2. The molecule has 96 valence electrons. The molecule has 1 aromatic heterocycles. The number of carbonyl (C=O) groups is 1. The molecule has 1 aromatic rings. The van der Waals surface area contributed by atoms with Crippen LogP contribution in [0.2, 0.25) is 0 Å². The topological polar surface area (TPSA) is 66.9 Å². The second-order valence-electron chi connectivity index (χ2n) is 5.35. The molecule has 2 fully saturated rings. The zero-order chi connectivity index (χ0) is 12.4. The molecule has 5 nitrogen and oxygen atoms in total. The van der Waals surface area contributed by atoms with Gasteiger partial charge >= 0.3 is 6.03 Å². The fourth-order valence-corrected chi connectivity index (χ4v) is 3.02. The summed E-state index contributed by atoms with van der Waals surface area (Å²) in [5, 5.41) is 5.70. The first-order valence-electron chi connectivity index (χ1n) is 6.63. The molecular formula is C13H18N4O. The monoisotopic (exact) mass is 246 g/mol. The molecule has 0 radical (unpaired) electrons. The lowest BCUT2D eigenvalue weighted by molar-refractivity contribution is 0.246. The standard InChI is InChI=1S/C13H18N4O/c18-12(17-11-14-7-4-8-15-11)16-10-9-13(10)5-2-1-3-6-13/h4,7-8,10H,1-3,5-6,9H2,(H2,14,15,16,17,18). The van der Waals surface area contributed by atoms with Crippen LogP contribution in [0.4, 0.5) is 10.7 Å². The van der Waals surface area contributed by atoms with Gasteiger partial charge in [0.25, 0.3) is 0 Å². The number of hydrogen-bond acceptors (Lipinski definition) is 3. The van der Waals surface area contributed by atoms with Crippen molar-refractivity contribution in [2.45, 2.75) is 44.6 Å². The second-order valence-corrected chi connectivity index (χ2v) is 5.35. The number of anilines is 1. The Hall–Kier alpha value is -1.65. The molecule has 0 aliphatic heterocycles. The summed E-state index contributed by atoms with van der Waals surface area (Å²) in [6, 6.07) is 1.89. The van der Waals surface area contributed by atoms with E-state index in [9.17, 15) is 4.79 Å². The van der Waals surface area contributed by atoms with Gasteiger partial charge in [-0.25, -0.2) is 14.8 Å². The number of hydrogen-bond donors (Lipinski definition) is 2. The van der Waals surface area contributed by atoms with Crippen molar-refractivity contribution >= 4 is 12.0 Å². The Labute approximate surface area is 106 Å². The van der Waals surface area contributed by atoms with Crippen molar-refractivity contribution in [3.8, 4) is 0 Å². The van der Waals surface area contributed by atoms with E-state index < -0.39 is 0 Å². The number of rotatable bonds is 2. The summed E-state index contributed by atoms with van der Waals surface area (Å²) < 4.78 is 0. The van der Waals surface area contributed by atoms with Crippen molar-refractivity contribution in [3.05, 3.63) is 18.5 Å². The molecule has 1 heterocycles. The van der Waals surface area contributed by atoms with Gasteiger partial charge in [0.15, 0.2) is 0 Å². The summed E-state index contributed by atoms with van der Waals surface area (Å²) in [7, 11) is 0. The highest BCUT2D eigenvalue weighted by atomic mass is 16.2. The lowest BCUT2D eigenvalue weighted by Crippen LogP contribution is -2.34. The van der Waals surface area contributed by atoms with E-state index in [0.717, 1.165) is 6.42 Å². The summed E-state index contributed by atoms with van der Waals surface area (Å²) in [6.07, 6.45) is 10.8. The average molecular weight is 246 g/mol. The van der Waals surface area contributed by atoms with Gasteiger partial charge in [0, 0.05) is 18.4 Å². The molecule has 3 rings (SSSR count). The van der Waals surface area contributed by atoms with Crippen LogP contribution in [0.3, 0.4) is 0 Å². The van der Waals surface area contributed by atoms with Gasteiger partial charge in [0.05, 0.1) is 0 Å². The number of carbonyl (C=O) groups excluding carboxylic acids is 1. The molecule has 0 bridgehead atoms. The second kappa shape index (κ2) is 4.55. The Morgan fingerprint density at radius 1 is 1.22 bits per heavy atom. The maximum atomic E-state index is 11.8. The fraction of sp³-hybridized carbons (Fsp3) is 0.615. The summed E-state index contributed by atoms with van der Waals surface area (Å²) in [4.78, 5) is 19.7. The smallest absolute Gasteiger partial charge is 0.321 e. The predicted octanol–water partition coefficient (Wildman–Crippen LogP) is 2.32. The highest BCUT2D eigenvalue weighted by Gasteiger charge is 2.54. The molecule has 0 saturated heterocycles. The van der Waals surface area contributed by atoms with E-state index in [2.05, 4.69) is 20.6 Å². The Balaban J connectivity index is 1.51. The Morgan fingerprint density at radius 2 is 1.94 bits per heavy atom. The maximum Gasteiger partial charge on any atom is 0.321 e. The molecule has 5 heteroatoms. The van der Waals surface area contributed by atoms with Crippen LogP contribution in [0, 0.1) is 5.41 Å². The Bertz CT molecular complexity index is 428. The van der Waals surface area contributed by atoms with Crippen LogP contribution in [0.15, 0.2) is 18.5 Å². The number of aromatic nitrogens is 2. The van der Waals surface area contributed by atoms with Crippen molar-refractivity contribution in [3.63, 3.8) is 0 Å². The zero-order valence-corrected chi connectivity index (χ0v) is 10.4. The Kier molecular flexibility index (Phi) is 2.89. The van der Waals surface area contributed by atoms with Gasteiger partial charge in [-0.2, -0.15) is 0 Å². The highest BCUT2D eigenvalue weighted by Crippen LogP contribution is 2.56. The van der Waals surface area contributed by atoms with Crippen LogP contribution >= 0.6 is 0 Å². The largest absolute Gasteiger partial charge is 0.334 e. The molecule has 2 aliphatic rings. The fourth-order valence-electron chi connectivity index (χ4n) is 3.02. The van der Waals surface area contributed by atoms with E-state index in [1.165, 1.54) is 32.1 Å². The molecule has 2 saturated carbocycles. The first kappa shape index (κ1) is 11.4. The minimum absolute atomic E-state index is 0.186. The third-order valence-electron chi connectivity index (χ3n) is 4.14. The molecule has 2 amide bonds. The highest BCUT2D eigenvalue weighted by molar-refractivity contribution is 5.87. The third kappa shape index (κ3) is 2.30. The average Bonchev–Trinajstić information content (AvgIpc) is 3.02. The van der Waals surface area contributed by atoms with Gasteiger partial charge < -0.3 is 5.32 Å². The van der Waals surface area contributed by atoms with E-state index >= 15 is 0 Å². The number of nitrogens with one attached hydrogen (secondary N) is 2. The lowest BCUT2D eigenvalue weighted by atomic mass is 9.86. The first-order valence-corrected chi connectivity index (χ1v) is 6.63. The van der Waals surface area contributed by atoms with Crippen molar-refractivity contribution in [1.29, 1.82) is 0 Å². The maximum absolute atomic E-state index is 11.8. The van der Waals surface area contributed by atoms with Crippen molar-refractivity contribution in [2.75, 3.05) is 5.32 Å². The summed E-state index contributed by atoms with van der Waals surface area (Å²) in [5.41, 5.74) is 0.410. The van der Waals surface area contributed by atoms with Gasteiger partial charge in [-0.3, -0.25) is 5.32 Å². The summed E-state index contributed by atoms with van der Waals surface area (Å²) in [6.45, 7) is 0. The molecule has 2 N–H and O–H groups in total. The van der Waals surface area contributed by atoms with Crippen LogP contribution in [0.25, 0.3) is 0 Å². The quantitative estimate of drug-likeness (QED) is 0.841. The van der Waals surface area contributed by atoms with Crippen LogP contribution in [-0.4, -0.2) is 22.0 Å². The van der Waals surface area contributed by atoms with E-state index in [1.807, 2.05) is 0 Å². The van der Waals surface area contributed by atoms with E-state index in [-0.39, 0.29) is 6.03 Å².